The summed E-state index contributed by atoms with van der Waals surface area (Å²) >= 11 is 0. The maximum Gasteiger partial charge on any atom is 0.254 e. The van der Waals surface area contributed by atoms with Gasteiger partial charge in [0.1, 0.15) is 5.69 Å². The van der Waals surface area contributed by atoms with E-state index in [0.717, 1.165) is 0 Å². The number of furan rings is 1. The lowest BCUT2D eigenvalue weighted by atomic mass is 10.1. The number of carbonyl (C=O) groups excluding carboxylic acids is 1. The van der Waals surface area contributed by atoms with E-state index in [4.69, 9.17) is 9.40 Å². The molecule has 1 atom stereocenters. The molecule has 0 bridgehead atoms. The second-order valence-corrected chi connectivity index (χ2v) is 9.52. The quantitative estimate of drug-likeness (QED) is 0.634. The Morgan fingerprint density at radius 1 is 1.34 bits per heavy atom. The number of rotatable bonds is 5. The SMILES string of the molecule is CCN(CC)C(=O)c1cc(-c2ccco2)nc2c1c(C)nn2C1CCS(=O)(=O)C1. The summed E-state index contributed by atoms with van der Waals surface area (Å²) < 4.78 is 31.2. The van der Waals surface area contributed by atoms with E-state index in [0.29, 0.717) is 53.3 Å². The molecule has 0 saturated carbocycles. The average Bonchev–Trinajstić information content (AvgIpc) is 3.41. The molecular weight excluding hydrogens is 392 g/mol. The molecule has 0 N–H and O–H groups in total. The van der Waals surface area contributed by atoms with Crippen LogP contribution in [0.2, 0.25) is 0 Å². The van der Waals surface area contributed by atoms with Gasteiger partial charge >= 0.3 is 0 Å². The Labute approximate surface area is 169 Å². The molecule has 1 aliphatic heterocycles. The lowest BCUT2D eigenvalue weighted by Crippen LogP contribution is -2.30. The van der Waals surface area contributed by atoms with Crippen molar-refractivity contribution in [3.05, 3.63) is 35.7 Å². The third-order valence-electron chi connectivity index (χ3n) is 5.45. The molecule has 1 aliphatic rings. The van der Waals surface area contributed by atoms with E-state index in [1.165, 1.54) is 0 Å². The summed E-state index contributed by atoms with van der Waals surface area (Å²) in [4.78, 5) is 19.7. The van der Waals surface area contributed by atoms with Gasteiger partial charge in [0, 0.05) is 13.1 Å². The standard InChI is InChI=1S/C20H24N4O4S/c1-4-23(5-2)20(25)15-11-16(17-7-6-9-28-17)21-19-18(15)13(3)22-24(19)14-8-10-29(26,27)12-14/h6-7,9,11,14H,4-5,8,10,12H2,1-3H3. The van der Waals surface area contributed by atoms with Crippen molar-refractivity contribution in [1.29, 1.82) is 0 Å². The predicted molar refractivity (Wildman–Crippen MR) is 110 cm³/mol. The zero-order valence-electron chi connectivity index (χ0n) is 16.8. The zero-order chi connectivity index (χ0) is 20.8. The second kappa shape index (κ2) is 7.29. The van der Waals surface area contributed by atoms with Crippen molar-refractivity contribution in [2.24, 2.45) is 0 Å². The summed E-state index contributed by atoms with van der Waals surface area (Å²) in [5.74, 6) is 0.623. The largest absolute Gasteiger partial charge is 0.463 e. The van der Waals surface area contributed by atoms with Crippen LogP contribution < -0.4 is 0 Å². The van der Waals surface area contributed by atoms with Gasteiger partial charge in [0.05, 0.1) is 40.5 Å². The number of pyridine rings is 1. The van der Waals surface area contributed by atoms with Gasteiger partial charge in [-0.05, 0) is 45.4 Å². The molecule has 8 nitrogen and oxygen atoms in total. The molecule has 0 radical (unpaired) electrons. The Hall–Kier alpha value is -2.68. The summed E-state index contributed by atoms with van der Waals surface area (Å²) in [5.41, 5.74) is 2.22. The van der Waals surface area contributed by atoms with E-state index in [-0.39, 0.29) is 23.5 Å². The highest BCUT2D eigenvalue weighted by Crippen LogP contribution is 2.32. The molecule has 9 heteroatoms. The Morgan fingerprint density at radius 2 is 2.10 bits per heavy atom. The normalized spacial score (nSPS) is 18.4. The van der Waals surface area contributed by atoms with E-state index in [1.807, 2.05) is 20.8 Å². The van der Waals surface area contributed by atoms with Crippen LogP contribution in [-0.2, 0) is 9.84 Å². The third kappa shape index (κ3) is 3.43. The number of hydrogen-bond acceptors (Lipinski definition) is 6. The van der Waals surface area contributed by atoms with Gasteiger partial charge in [0.25, 0.3) is 5.91 Å². The number of fused-ring (bicyclic) bond motifs is 1. The zero-order valence-corrected chi connectivity index (χ0v) is 17.6. The van der Waals surface area contributed by atoms with Crippen molar-refractivity contribution in [3.63, 3.8) is 0 Å². The molecule has 1 unspecified atom stereocenters. The van der Waals surface area contributed by atoms with Crippen LogP contribution in [0.4, 0.5) is 0 Å². The minimum atomic E-state index is -3.09. The molecule has 0 aliphatic carbocycles. The maximum absolute atomic E-state index is 13.3. The summed E-state index contributed by atoms with van der Waals surface area (Å²) in [6.45, 7) is 6.88. The van der Waals surface area contributed by atoms with Crippen LogP contribution in [0.5, 0.6) is 0 Å². The Balaban J connectivity index is 1.95. The van der Waals surface area contributed by atoms with Gasteiger partial charge in [-0.2, -0.15) is 5.10 Å². The summed E-state index contributed by atoms with van der Waals surface area (Å²) in [7, 11) is -3.09. The van der Waals surface area contributed by atoms with Crippen LogP contribution in [-0.4, -0.2) is 58.6 Å². The molecule has 0 aromatic carbocycles. The van der Waals surface area contributed by atoms with Crippen molar-refractivity contribution in [3.8, 4) is 11.5 Å². The number of carbonyl (C=O) groups is 1. The number of aromatic nitrogens is 3. The Morgan fingerprint density at radius 3 is 2.69 bits per heavy atom. The number of aryl methyl sites for hydroxylation is 1. The minimum absolute atomic E-state index is 0.0369. The fraction of sp³-hybridized carbons (Fsp3) is 0.450. The van der Waals surface area contributed by atoms with Crippen molar-refractivity contribution >= 4 is 26.8 Å². The smallest absolute Gasteiger partial charge is 0.254 e. The van der Waals surface area contributed by atoms with E-state index in [2.05, 4.69) is 5.10 Å². The topological polar surface area (TPSA) is 98.3 Å². The number of hydrogen-bond donors (Lipinski definition) is 0. The van der Waals surface area contributed by atoms with Crippen LogP contribution in [0.15, 0.2) is 28.9 Å². The monoisotopic (exact) mass is 416 g/mol. The third-order valence-corrected chi connectivity index (χ3v) is 7.20. The van der Waals surface area contributed by atoms with Crippen LogP contribution >= 0.6 is 0 Å². The number of amides is 1. The van der Waals surface area contributed by atoms with Gasteiger partial charge in [0.2, 0.25) is 0 Å². The van der Waals surface area contributed by atoms with Crippen LogP contribution in [0.1, 0.15) is 42.4 Å². The molecule has 1 amide bonds. The molecule has 3 aromatic rings. The molecule has 3 aromatic heterocycles. The molecule has 4 rings (SSSR count). The molecule has 1 saturated heterocycles. The fourth-order valence-corrected chi connectivity index (χ4v) is 5.63. The number of nitrogens with zero attached hydrogens (tertiary/aromatic N) is 4. The minimum Gasteiger partial charge on any atom is -0.463 e. The number of sulfone groups is 1. The second-order valence-electron chi connectivity index (χ2n) is 7.30. The molecule has 1 fully saturated rings. The Bertz CT molecular complexity index is 1160. The van der Waals surface area contributed by atoms with Crippen molar-refractivity contribution < 1.29 is 17.6 Å². The van der Waals surface area contributed by atoms with E-state index in [1.54, 1.807) is 34.0 Å². The highest BCUT2D eigenvalue weighted by atomic mass is 32.2. The van der Waals surface area contributed by atoms with E-state index < -0.39 is 9.84 Å². The molecule has 29 heavy (non-hydrogen) atoms. The summed E-state index contributed by atoms with van der Waals surface area (Å²) in [6.07, 6.45) is 2.05. The van der Waals surface area contributed by atoms with Gasteiger partial charge in [-0.1, -0.05) is 0 Å². The van der Waals surface area contributed by atoms with Crippen LogP contribution in [0.25, 0.3) is 22.5 Å². The van der Waals surface area contributed by atoms with Gasteiger partial charge in [-0.25, -0.2) is 18.1 Å². The van der Waals surface area contributed by atoms with Crippen molar-refractivity contribution in [2.75, 3.05) is 24.6 Å². The average molecular weight is 417 g/mol. The first-order chi connectivity index (χ1) is 13.8. The molecular formula is C20H24N4O4S. The van der Waals surface area contributed by atoms with Crippen molar-refractivity contribution in [1.82, 2.24) is 19.7 Å². The fourth-order valence-electron chi connectivity index (χ4n) is 3.94. The summed E-state index contributed by atoms with van der Waals surface area (Å²) in [6, 6.07) is 5.01. The lowest BCUT2D eigenvalue weighted by molar-refractivity contribution is 0.0775. The van der Waals surface area contributed by atoms with Gasteiger partial charge in [-0.15, -0.1) is 0 Å². The summed E-state index contributed by atoms with van der Waals surface area (Å²) in [5, 5.41) is 5.27. The van der Waals surface area contributed by atoms with E-state index in [9.17, 15) is 13.2 Å². The van der Waals surface area contributed by atoms with Gasteiger partial charge in [-0.3, -0.25) is 4.79 Å². The predicted octanol–water partition coefficient (Wildman–Crippen LogP) is 2.84. The van der Waals surface area contributed by atoms with Crippen LogP contribution in [0, 0.1) is 6.92 Å². The molecule has 154 valence electrons. The maximum atomic E-state index is 13.3. The molecule has 0 spiro atoms. The van der Waals surface area contributed by atoms with Crippen molar-refractivity contribution in [2.45, 2.75) is 33.2 Å². The first-order valence-corrected chi connectivity index (χ1v) is 11.6. The van der Waals surface area contributed by atoms with E-state index >= 15 is 0 Å². The van der Waals surface area contributed by atoms with Crippen LogP contribution in [0.3, 0.4) is 0 Å². The Kier molecular flexibility index (Phi) is 4.94. The first-order valence-electron chi connectivity index (χ1n) is 9.78. The lowest BCUT2D eigenvalue weighted by Gasteiger charge is -2.19. The van der Waals surface area contributed by atoms with Gasteiger partial charge in [0.15, 0.2) is 21.2 Å². The van der Waals surface area contributed by atoms with Gasteiger partial charge < -0.3 is 9.32 Å². The first kappa shape index (κ1) is 19.6. The highest BCUT2D eigenvalue weighted by molar-refractivity contribution is 7.91. The molecule has 4 heterocycles. The highest BCUT2D eigenvalue weighted by Gasteiger charge is 2.33.